The summed E-state index contributed by atoms with van der Waals surface area (Å²) in [4.78, 5) is 2.11. The van der Waals surface area contributed by atoms with Crippen molar-refractivity contribution in [2.24, 2.45) is 7.05 Å². The van der Waals surface area contributed by atoms with E-state index in [1.807, 2.05) is 25.7 Å². The largest absolute Gasteiger partial charge is 0.392 e. The zero-order chi connectivity index (χ0) is 13.0. The maximum absolute atomic E-state index is 9.37. The molecule has 0 radical (unpaired) electrons. The zero-order valence-corrected chi connectivity index (χ0v) is 11.5. The number of nitrogens with zero attached hydrogens (tertiary/aromatic N) is 3. The van der Waals surface area contributed by atoms with Crippen LogP contribution in [0.2, 0.25) is 0 Å². The lowest BCUT2D eigenvalue weighted by Gasteiger charge is -2.19. The molecule has 0 aliphatic carbocycles. The Labute approximate surface area is 103 Å². The fourth-order valence-corrected chi connectivity index (χ4v) is 2.07. The summed E-state index contributed by atoms with van der Waals surface area (Å²) < 4.78 is 1.88. The van der Waals surface area contributed by atoms with E-state index in [1.165, 1.54) is 5.56 Å². The number of likely N-dealkylation sites (N-methyl/N-ethyl adjacent to an activating group) is 1. The van der Waals surface area contributed by atoms with E-state index < -0.39 is 0 Å². The lowest BCUT2D eigenvalue weighted by Crippen LogP contribution is -2.27. The molecule has 0 aliphatic heterocycles. The first-order chi connectivity index (χ1) is 7.95. The van der Waals surface area contributed by atoms with Crippen LogP contribution in [0.15, 0.2) is 0 Å². The van der Waals surface area contributed by atoms with E-state index in [1.54, 1.807) is 6.92 Å². The Morgan fingerprint density at radius 1 is 1.53 bits per heavy atom. The van der Waals surface area contributed by atoms with E-state index >= 15 is 0 Å². The average Bonchev–Trinajstić information content (AvgIpc) is 2.44. The maximum atomic E-state index is 9.37. The predicted octanol–water partition coefficient (Wildman–Crippen LogP) is 0.973. The van der Waals surface area contributed by atoms with Crippen molar-refractivity contribution in [2.75, 3.05) is 25.5 Å². The van der Waals surface area contributed by atoms with Crippen molar-refractivity contribution in [3.63, 3.8) is 0 Å². The van der Waals surface area contributed by atoms with Crippen LogP contribution in [0.25, 0.3) is 0 Å². The van der Waals surface area contributed by atoms with Crippen LogP contribution in [0, 0.1) is 6.92 Å². The third-order valence-corrected chi connectivity index (χ3v) is 2.69. The molecule has 0 spiro atoms. The first-order valence-electron chi connectivity index (χ1n) is 6.08. The number of rotatable bonds is 6. The molecule has 5 heteroatoms. The van der Waals surface area contributed by atoms with Crippen molar-refractivity contribution >= 4 is 5.82 Å². The Morgan fingerprint density at radius 2 is 2.18 bits per heavy atom. The first-order valence-corrected chi connectivity index (χ1v) is 6.08. The highest BCUT2D eigenvalue weighted by Gasteiger charge is 2.14. The van der Waals surface area contributed by atoms with Gasteiger partial charge in [0, 0.05) is 32.2 Å². The van der Waals surface area contributed by atoms with Crippen LogP contribution in [-0.2, 0) is 13.6 Å². The summed E-state index contributed by atoms with van der Waals surface area (Å²) >= 11 is 0. The fourth-order valence-electron chi connectivity index (χ4n) is 2.07. The Bertz CT molecular complexity index is 360. The minimum absolute atomic E-state index is 0.306. The molecule has 1 aromatic heterocycles. The molecule has 2 N–H and O–H groups in total. The van der Waals surface area contributed by atoms with Crippen molar-refractivity contribution in [2.45, 2.75) is 33.4 Å². The molecule has 0 amide bonds. The summed E-state index contributed by atoms with van der Waals surface area (Å²) in [6.45, 7) is 8.24. The molecule has 0 bridgehead atoms. The van der Waals surface area contributed by atoms with Crippen LogP contribution in [0.3, 0.4) is 0 Å². The van der Waals surface area contributed by atoms with Gasteiger partial charge in [-0.05, 0) is 27.8 Å². The smallest absolute Gasteiger partial charge is 0.128 e. The maximum Gasteiger partial charge on any atom is 0.128 e. The van der Waals surface area contributed by atoms with E-state index in [9.17, 15) is 5.11 Å². The van der Waals surface area contributed by atoms with Gasteiger partial charge in [-0.25, -0.2) is 0 Å². The molecule has 17 heavy (non-hydrogen) atoms. The molecule has 0 aliphatic rings. The lowest BCUT2D eigenvalue weighted by molar-refractivity contribution is 0.138. The topological polar surface area (TPSA) is 53.3 Å². The van der Waals surface area contributed by atoms with Crippen LogP contribution >= 0.6 is 0 Å². The van der Waals surface area contributed by atoms with Gasteiger partial charge in [-0.3, -0.25) is 9.58 Å². The summed E-state index contributed by atoms with van der Waals surface area (Å²) in [5.41, 5.74) is 2.25. The molecular weight excluding hydrogens is 216 g/mol. The standard InChI is InChI=1S/C12H24N4O/c1-6-13-12-11(10(3)14-16(12)5)8-15(4)7-9(2)17/h9,13,17H,6-8H2,1-5H3. The number of aliphatic hydroxyl groups is 1. The predicted molar refractivity (Wildman–Crippen MR) is 70.1 cm³/mol. The monoisotopic (exact) mass is 240 g/mol. The van der Waals surface area contributed by atoms with Crippen LogP contribution in [0.5, 0.6) is 0 Å². The van der Waals surface area contributed by atoms with Gasteiger partial charge in [-0.1, -0.05) is 0 Å². The van der Waals surface area contributed by atoms with Crippen LogP contribution < -0.4 is 5.32 Å². The summed E-state index contributed by atoms with van der Waals surface area (Å²) in [6, 6.07) is 0. The number of hydrogen-bond donors (Lipinski definition) is 2. The normalized spacial score (nSPS) is 13.1. The molecule has 0 fully saturated rings. The van der Waals surface area contributed by atoms with Crippen molar-refractivity contribution in [3.8, 4) is 0 Å². The second kappa shape index (κ2) is 6.02. The van der Waals surface area contributed by atoms with Crippen LogP contribution in [0.1, 0.15) is 25.1 Å². The Hall–Kier alpha value is -1.07. The van der Waals surface area contributed by atoms with Gasteiger partial charge in [0.05, 0.1) is 11.8 Å². The highest BCUT2D eigenvalue weighted by molar-refractivity contribution is 5.47. The summed E-state index contributed by atoms with van der Waals surface area (Å²) in [5, 5.41) is 17.1. The molecule has 0 saturated carbocycles. The second-order valence-corrected chi connectivity index (χ2v) is 4.61. The van der Waals surface area contributed by atoms with Gasteiger partial charge < -0.3 is 10.4 Å². The molecule has 5 nitrogen and oxygen atoms in total. The molecule has 1 unspecified atom stereocenters. The van der Waals surface area contributed by atoms with E-state index in [0.29, 0.717) is 6.54 Å². The minimum atomic E-state index is -0.306. The Balaban J connectivity index is 2.81. The van der Waals surface area contributed by atoms with E-state index in [2.05, 4.69) is 22.2 Å². The molecule has 1 rings (SSSR count). The SMILES string of the molecule is CCNc1c(CN(C)CC(C)O)c(C)nn1C. The molecule has 1 aromatic rings. The third kappa shape index (κ3) is 3.71. The lowest BCUT2D eigenvalue weighted by atomic mass is 10.2. The summed E-state index contributed by atoms with van der Waals surface area (Å²) in [5.74, 6) is 1.07. The first kappa shape index (κ1) is 14.0. The van der Waals surface area contributed by atoms with Gasteiger partial charge in [-0.2, -0.15) is 5.10 Å². The van der Waals surface area contributed by atoms with Gasteiger partial charge in [0.15, 0.2) is 0 Å². The van der Waals surface area contributed by atoms with E-state index in [-0.39, 0.29) is 6.10 Å². The number of aryl methyl sites for hydroxylation is 2. The quantitative estimate of drug-likeness (QED) is 0.778. The number of hydrogen-bond acceptors (Lipinski definition) is 4. The van der Waals surface area contributed by atoms with Gasteiger partial charge >= 0.3 is 0 Å². The van der Waals surface area contributed by atoms with Gasteiger partial charge in [0.1, 0.15) is 5.82 Å². The van der Waals surface area contributed by atoms with Crippen LogP contribution in [0.4, 0.5) is 5.82 Å². The number of aliphatic hydroxyl groups excluding tert-OH is 1. The van der Waals surface area contributed by atoms with Crippen molar-refractivity contribution in [3.05, 3.63) is 11.3 Å². The Morgan fingerprint density at radius 3 is 2.71 bits per heavy atom. The Kier molecular flexibility index (Phi) is 4.96. The highest BCUT2D eigenvalue weighted by atomic mass is 16.3. The molecule has 1 heterocycles. The summed E-state index contributed by atoms with van der Waals surface area (Å²) in [6.07, 6.45) is -0.306. The molecule has 0 saturated heterocycles. The molecule has 1 atom stereocenters. The van der Waals surface area contributed by atoms with Gasteiger partial charge in [0.25, 0.3) is 0 Å². The molecular formula is C12H24N4O. The van der Waals surface area contributed by atoms with Crippen molar-refractivity contribution in [1.82, 2.24) is 14.7 Å². The number of nitrogens with one attached hydrogen (secondary N) is 1. The third-order valence-electron chi connectivity index (χ3n) is 2.69. The van der Waals surface area contributed by atoms with Gasteiger partial charge in [0.2, 0.25) is 0 Å². The summed E-state index contributed by atoms with van der Waals surface area (Å²) in [7, 11) is 3.96. The van der Waals surface area contributed by atoms with Crippen molar-refractivity contribution < 1.29 is 5.11 Å². The molecule has 0 aromatic carbocycles. The number of aromatic nitrogens is 2. The zero-order valence-electron chi connectivity index (χ0n) is 11.5. The van der Waals surface area contributed by atoms with E-state index in [4.69, 9.17) is 0 Å². The second-order valence-electron chi connectivity index (χ2n) is 4.61. The van der Waals surface area contributed by atoms with Crippen LogP contribution in [-0.4, -0.2) is 46.0 Å². The van der Waals surface area contributed by atoms with E-state index in [0.717, 1.165) is 24.6 Å². The average molecular weight is 240 g/mol. The highest BCUT2D eigenvalue weighted by Crippen LogP contribution is 2.20. The number of anilines is 1. The van der Waals surface area contributed by atoms with Gasteiger partial charge in [-0.15, -0.1) is 0 Å². The minimum Gasteiger partial charge on any atom is -0.392 e. The molecule has 98 valence electrons. The van der Waals surface area contributed by atoms with Crippen molar-refractivity contribution in [1.29, 1.82) is 0 Å². The fraction of sp³-hybridized carbons (Fsp3) is 0.750.